The lowest BCUT2D eigenvalue weighted by molar-refractivity contribution is -0.165. The van der Waals surface area contributed by atoms with Crippen LogP contribution in [0.3, 0.4) is 0 Å². The van der Waals surface area contributed by atoms with Crippen LogP contribution in [-0.2, 0) is 22.5 Å². The van der Waals surface area contributed by atoms with Crippen LogP contribution in [0.15, 0.2) is 30.5 Å². The summed E-state index contributed by atoms with van der Waals surface area (Å²) in [5.41, 5.74) is 1.70. The first-order valence-corrected chi connectivity index (χ1v) is 15.1. The summed E-state index contributed by atoms with van der Waals surface area (Å²) in [5, 5.41) is 17.8. The number of hydrogen-bond donors (Lipinski definition) is 4. The van der Waals surface area contributed by atoms with E-state index < -0.39 is 11.9 Å². The maximum atomic E-state index is 15.2. The van der Waals surface area contributed by atoms with Gasteiger partial charge in [0.05, 0.1) is 41.7 Å². The van der Waals surface area contributed by atoms with E-state index in [2.05, 4.69) is 30.9 Å². The molecule has 2 saturated heterocycles. The summed E-state index contributed by atoms with van der Waals surface area (Å²) in [6.45, 7) is 1.77. The summed E-state index contributed by atoms with van der Waals surface area (Å²) in [7, 11) is 0. The van der Waals surface area contributed by atoms with E-state index in [1.807, 2.05) is 12.1 Å². The minimum atomic E-state index is -1.05. The first-order chi connectivity index (χ1) is 21.2. The zero-order valence-electron chi connectivity index (χ0n) is 24.3. The Morgan fingerprint density at radius 1 is 1.11 bits per heavy atom. The van der Waals surface area contributed by atoms with Gasteiger partial charge >= 0.3 is 6.09 Å². The quantitative estimate of drug-likeness (QED) is 0.254. The zero-order valence-corrected chi connectivity index (χ0v) is 24.3. The highest BCUT2D eigenvalue weighted by atomic mass is 19.1. The second-order valence-electron chi connectivity index (χ2n) is 12.6. The van der Waals surface area contributed by atoms with Crippen molar-refractivity contribution < 1.29 is 33.3 Å². The molecule has 2 bridgehead atoms. The molecule has 3 aromatic rings. The fourth-order valence-electron chi connectivity index (χ4n) is 6.48. The first kappa shape index (κ1) is 28.7. The SMILES string of the molecule is O=C(O)NCC1(COc2ccc3ncc(F)c(CCC45CCC(NCc6ccc7c(n6)NC(=O)CO7)(CC4)CO5)c3n2)CC1. The minimum Gasteiger partial charge on any atom is -0.480 e. The van der Waals surface area contributed by atoms with Gasteiger partial charge in [0.1, 0.15) is 5.82 Å². The Kier molecular flexibility index (Phi) is 7.24. The highest BCUT2D eigenvalue weighted by molar-refractivity contribution is 5.94. The van der Waals surface area contributed by atoms with Crippen LogP contribution in [0, 0.1) is 11.2 Å². The third-order valence-electron chi connectivity index (χ3n) is 9.62. The molecule has 3 aliphatic heterocycles. The summed E-state index contributed by atoms with van der Waals surface area (Å²) >= 11 is 0. The van der Waals surface area contributed by atoms with Crippen molar-refractivity contribution >= 4 is 28.9 Å². The van der Waals surface area contributed by atoms with Gasteiger partial charge in [-0.15, -0.1) is 0 Å². The predicted molar refractivity (Wildman–Crippen MR) is 156 cm³/mol. The molecule has 8 rings (SSSR count). The number of ether oxygens (including phenoxy) is 3. The highest BCUT2D eigenvalue weighted by Gasteiger charge is 2.49. The van der Waals surface area contributed by atoms with E-state index in [0.29, 0.717) is 73.2 Å². The van der Waals surface area contributed by atoms with E-state index in [4.69, 9.17) is 19.3 Å². The van der Waals surface area contributed by atoms with Crippen molar-refractivity contribution in [3.05, 3.63) is 47.5 Å². The Morgan fingerprint density at radius 3 is 2.70 bits per heavy atom. The Labute approximate surface area is 253 Å². The number of nitrogens with zero attached hydrogens (tertiary/aromatic N) is 3. The predicted octanol–water partition coefficient (Wildman–Crippen LogP) is 3.73. The van der Waals surface area contributed by atoms with E-state index in [9.17, 15) is 9.59 Å². The average molecular weight is 607 g/mol. The number of hydrogen-bond acceptors (Lipinski definition) is 9. The molecule has 13 heteroatoms. The molecule has 0 aromatic carbocycles. The van der Waals surface area contributed by atoms with Crippen LogP contribution < -0.4 is 25.4 Å². The van der Waals surface area contributed by atoms with Crippen molar-refractivity contribution in [1.29, 1.82) is 0 Å². The van der Waals surface area contributed by atoms with E-state index >= 15 is 4.39 Å². The molecule has 5 aliphatic rings. The molecule has 2 amide bonds. The molecule has 0 spiro atoms. The Hall–Kier alpha value is -4.10. The molecule has 0 radical (unpaired) electrons. The molecule has 6 heterocycles. The number of nitrogens with one attached hydrogen (secondary N) is 3. The summed E-state index contributed by atoms with van der Waals surface area (Å²) < 4.78 is 33.0. The normalized spacial score (nSPS) is 24.7. The van der Waals surface area contributed by atoms with Crippen LogP contribution in [0.2, 0.25) is 0 Å². The number of carbonyl (C=O) groups excluding carboxylic acids is 1. The molecule has 12 nitrogen and oxygen atoms in total. The van der Waals surface area contributed by atoms with Crippen molar-refractivity contribution in [3.63, 3.8) is 0 Å². The van der Waals surface area contributed by atoms with Crippen LogP contribution in [0.1, 0.15) is 56.2 Å². The lowest BCUT2D eigenvalue weighted by atomic mass is 9.69. The molecule has 4 N–H and O–H groups in total. The van der Waals surface area contributed by atoms with Gasteiger partial charge in [0.2, 0.25) is 5.88 Å². The standard InChI is InChI=1S/C31H35FN6O6/c32-21-14-33-22-2-4-25(43-17-29(7-8-29)16-34-28(40)41)38-26(22)20(21)5-6-31-11-9-30(10-12-31,18-44-31)35-13-19-1-3-23-27(36-19)37-24(39)15-42-23/h1-4,14,34-35H,5-13,15-18H2,(H,40,41)(H,36,37,39). The van der Waals surface area contributed by atoms with Gasteiger partial charge in [-0.3, -0.25) is 9.78 Å². The zero-order chi connectivity index (χ0) is 30.4. The van der Waals surface area contributed by atoms with Gasteiger partial charge in [0.15, 0.2) is 18.2 Å². The van der Waals surface area contributed by atoms with Crippen molar-refractivity contribution in [2.24, 2.45) is 5.41 Å². The van der Waals surface area contributed by atoms with Crippen LogP contribution in [0.5, 0.6) is 11.6 Å². The van der Waals surface area contributed by atoms with E-state index in [1.165, 1.54) is 6.20 Å². The number of carbonyl (C=O) groups is 2. The van der Waals surface area contributed by atoms with Gasteiger partial charge < -0.3 is 35.3 Å². The monoisotopic (exact) mass is 606 g/mol. The number of aromatic nitrogens is 3. The van der Waals surface area contributed by atoms with E-state index in [0.717, 1.165) is 44.2 Å². The Morgan fingerprint density at radius 2 is 1.95 bits per heavy atom. The second-order valence-corrected chi connectivity index (χ2v) is 12.6. The van der Waals surface area contributed by atoms with Crippen LogP contribution in [-0.4, -0.2) is 69.6 Å². The van der Waals surface area contributed by atoms with Gasteiger partial charge in [-0.25, -0.2) is 19.2 Å². The number of halogens is 1. The van der Waals surface area contributed by atoms with Gasteiger partial charge in [-0.1, -0.05) is 0 Å². The molecular formula is C31H35FN6O6. The largest absolute Gasteiger partial charge is 0.480 e. The molecule has 0 atom stereocenters. The number of amides is 2. The lowest BCUT2D eigenvalue weighted by Gasteiger charge is -2.53. The summed E-state index contributed by atoms with van der Waals surface area (Å²) in [5.74, 6) is 0.784. The number of carboxylic acid groups (broad SMARTS) is 1. The number of anilines is 1. The van der Waals surface area contributed by atoms with Crippen molar-refractivity contribution in [3.8, 4) is 11.6 Å². The van der Waals surface area contributed by atoms with Crippen LogP contribution in [0.4, 0.5) is 15.0 Å². The van der Waals surface area contributed by atoms with Crippen molar-refractivity contribution in [1.82, 2.24) is 25.6 Å². The summed E-state index contributed by atoms with van der Waals surface area (Å²) in [6, 6.07) is 7.23. The molecule has 44 heavy (non-hydrogen) atoms. The molecule has 4 fully saturated rings. The third kappa shape index (κ3) is 5.85. The van der Waals surface area contributed by atoms with Gasteiger partial charge in [0.25, 0.3) is 5.91 Å². The number of pyridine rings is 3. The van der Waals surface area contributed by atoms with Gasteiger partial charge in [-0.2, -0.15) is 0 Å². The summed E-state index contributed by atoms with van der Waals surface area (Å²) in [6.07, 6.45) is 6.67. The maximum absolute atomic E-state index is 15.2. The third-order valence-corrected chi connectivity index (χ3v) is 9.62. The van der Waals surface area contributed by atoms with Crippen LogP contribution in [0.25, 0.3) is 11.0 Å². The Bertz CT molecular complexity index is 1590. The maximum Gasteiger partial charge on any atom is 0.404 e. The molecular weight excluding hydrogens is 571 g/mol. The molecule has 2 saturated carbocycles. The molecule has 0 unspecified atom stereocenters. The second kappa shape index (κ2) is 11.1. The number of aryl methyl sites for hydroxylation is 1. The molecule has 2 aliphatic carbocycles. The lowest BCUT2D eigenvalue weighted by Crippen LogP contribution is -2.61. The fraction of sp³-hybridized carbons (Fsp3) is 0.516. The van der Waals surface area contributed by atoms with Gasteiger partial charge in [0, 0.05) is 35.7 Å². The van der Waals surface area contributed by atoms with Crippen molar-refractivity contribution in [2.75, 3.05) is 31.7 Å². The molecule has 232 valence electrons. The van der Waals surface area contributed by atoms with Crippen LogP contribution >= 0.6 is 0 Å². The first-order valence-electron chi connectivity index (χ1n) is 15.1. The highest BCUT2D eigenvalue weighted by Crippen LogP contribution is 2.47. The minimum absolute atomic E-state index is 0.000708. The Balaban J connectivity index is 0.972. The number of rotatable bonds is 11. The van der Waals surface area contributed by atoms with E-state index in [1.54, 1.807) is 12.1 Å². The smallest absolute Gasteiger partial charge is 0.404 e. The average Bonchev–Trinajstić information content (AvgIpc) is 3.82. The number of fused-ring (bicyclic) bond motifs is 5. The molecule has 3 aromatic heterocycles. The van der Waals surface area contributed by atoms with Gasteiger partial charge in [-0.05, 0) is 69.6 Å². The topological polar surface area (TPSA) is 157 Å². The van der Waals surface area contributed by atoms with Crippen molar-refractivity contribution in [2.45, 2.75) is 69.1 Å². The van der Waals surface area contributed by atoms with E-state index in [-0.39, 0.29) is 29.1 Å². The fourth-order valence-corrected chi connectivity index (χ4v) is 6.48. The summed E-state index contributed by atoms with van der Waals surface area (Å²) in [4.78, 5) is 36.0.